The zero-order chi connectivity index (χ0) is 13.9. The average molecular weight is 270 g/mol. The topological polar surface area (TPSA) is 73.9 Å². The molecule has 1 heterocycles. The van der Waals surface area contributed by atoms with Gasteiger partial charge in [0.2, 0.25) is 0 Å². The minimum atomic E-state index is -0.418. The van der Waals surface area contributed by atoms with Gasteiger partial charge in [-0.1, -0.05) is 23.3 Å². The van der Waals surface area contributed by atoms with Gasteiger partial charge in [-0.25, -0.2) is 4.39 Å². The van der Waals surface area contributed by atoms with Crippen LogP contribution in [-0.4, -0.2) is 15.2 Å². The van der Waals surface area contributed by atoms with E-state index in [2.05, 4.69) is 15.2 Å². The van der Waals surface area contributed by atoms with Crippen LogP contribution in [0.3, 0.4) is 0 Å². The third-order valence-corrected chi connectivity index (χ3v) is 2.79. The number of rotatable bonds is 3. The van der Waals surface area contributed by atoms with Crippen molar-refractivity contribution < 1.29 is 9.13 Å². The number of para-hydroxylation sites is 1. The standard InChI is InChI=1S/C14H11FN4O/c15-11-7-10(6-5-9(11)8-16)20-14-17-12-3-1-2-4-13(12)18-19-14/h1-7H,8,16H2. The summed E-state index contributed by atoms with van der Waals surface area (Å²) in [5, 5.41) is 7.83. The van der Waals surface area contributed by atoms with E-state index >= 15 is 0 Å². The predicted molar refractivity (Wildman–Crippen MR) is 71.7 cm³/mol. The fourth-order valence-electron chi connectivity index (χ4n) is 1.77. The third-order valence-electron chi connectivity index (χ3n) is 2.79. The van der Waals surface area contributed by atoms with Crippen LogP contribution in [0.25, 0.3) is 11.0 Å². The summed E-state index contributed by atoms with van der Waals surface area (Å²) >= 11 is 0. The van der Waals surface area contributed by atoms with Crippen LogP contribution in [0.2, 0.25) is 0 Å². The zero-order valence-corrected chi connectivity index (χ0v) is 10.5. The summed E-state index contributed by atoms with van der Waals surface area (Å²) < 4.78 is 19.0. The maximum atomic E-state index is 13.6. The number of hydrogen-bond donors (Lipinski definition) is 1. The Hall–Kier alpha value is -2.60. The van der Waals surface area contributed by atoms with Crippen LogP contribution in [0.5, 0.6) is 11.8 Å². The number of benzene rings is 2. The van der Waals surface area contributed by atoms with Crippen LogP contribution in [0, 0.1) is 5.82 Å². The summed E-state index contributed by atoms with van der Waals surface area (Å²) in [6.07, 6.45) is 0. The number of halogens is 1. The first-order valence-electron chi connectivity index (χ1n) is 6.02. The van der Waals surface area contributed by atoms with Crippen LogP contribution in [0.15, 0.2) is 42.5 Å². The molecular weight excluding hydrogens is 259 g/mol. The maximum absolute atomic E-state index is 13.6. The lowest BCUT2D eigenvalue weighted by Gasteiger charge is -2.05. The van der Waals surface area contributed by atoms with Gasteiger partial charge >= 0.3 is 6.01 Å². The number of nitrogens with zero attached hydrogens (tertiary/aromatic N) is 3. The third kappa shape index (κ3) is 2.41. The summed E-state index contributed by atoms with van der Waals surface area (Å²) in [7, 11) is 0. The molecule has 2 aromatic carbocycles. The Morgan fingerprint density at radius 3 is 2.60 bits per heavy atom. The van der Waals surface area contributed by atoms with E-state index in [1.165, 1.54) is 6.07 Å². The molecule has 0 saturated carbocycles. The Morgan fingerprint density at radius 1 is 1.05 bits per heavy atom. The van der Waals surface area contributed by atoms with Crippen molar-refractivity contribution in [1.82, 2.24) is 15.2 Å². The van der Waals surface area contributed by atoms with E-state index in [-0.39, 0.29) is 12.6 Å². The van der Waals surface area contributed by atoms with Gasteiger partial charge in [-0.05, 0) is 18.2 Å². The van der Waals surface area contributed by atoms with Crippen LogP contribution >= 0.6 is 0 Å². The van der Waals surface area contributed by atoms with E-state index in [4.69, 9.17) is 10.5 Å². The molecule has 6 heteroatoms. The number of aromatic nitrogens is 3. The summed E-state index contributed by atoms with van der Waals surface area (Å²) in [6.45, 7) is 0.139. The van der Waals surface area contributed by atoms with Gasteiger partial charge in [-0.15, -0.1) is 5.10 Å². The van der Waals surface area contributed by atoms with Crippen molar-refractivity contribution in [3.8, 4) is 11.8 Å². The summed E-state index contributed by atoms with van der Waals surface area (Å²) in [5.74, 6) is -0.115. The highest BCUT2D eigenvalue weighted by molar-refractivity contribution is 5.73. The molecule has 0 bridgehead atoms. The number of hydrogen-bond acceptors (Lipinski definition) is 5. The first-order valence-corrected chi connectivity index (χ1v) is 6.02. The molecule has 0 aliphatic carbocycles. The molecular formula is C14H11FN4O. The van der Waals surface area contributed by atoms with Crippen molar-refractivity contribution in [3.63, 3.8) is 0 Å². The molecule has 0 unspecified atom stereocenters. The van der Waals surface area contributed by atoms with Crippen molar-refractivity contribution in [2.24, 2.45) is 5.73 Å². The van der Waals surface area contributed by atoms with Gasteiger partial charge in [0.25, 0.3) is 0 Å². The molecule has 20 heavy (non-hydrogen) atoms. The highest BCUT2D eigenvalue weighted by Gasteiger charge is 2.07. The van der Waals surface area contributed by atoms with Crippen molar-refractivity contribution >= 4 is 11.0 Å². The molecule has 0 aliphatic rings. The molecule has 0 aliphatic heterocycles. The smallest absolute Gasteiger partial charge is 0.341 e. The van der Waals surface area contributed by atoms with Crippen molar-refractivity contribution in [2.45, 2.75) is 6.54 Å². The molecule has 3 rings (SSSR count). The Kier molecular flexibility index (Phi) is 3.22. The predicted octanol–water partition coefficient (Wildman–Crippen LogP) is 2.41. The van der Waals surface area contributed by atoms with Gasteiger partial charge in [0, 0.05) is 18.2 Å². The van der Waals surface area contributed by atoms with E-state index in [0.29, 0.717) is 22.3 Å². The fraction of sp³-hybridized carbons (Fsp3) is 0.0714. The summed E-state index contributed by atoms with van der Waals surface area (Å²) in [5.41, 5.74) is 7.16. The van der Waals surface area contributed by atoms with E-state index in [0.717, 1.165) is 0 Å². The highest BCUT2D eigenvalue weighted by atomic mass is 19.1. The second kappa shape index (κ2) is 5.18. The van der Waals surface area contributed by atoms with E-state index in [1.807, 2.05) is 12.1 Å². The lowest BCUT2D eigenvalue weighted by atomic mass is 10.2. The first-order chi connectivity index (χ1) is 9.76. The van der Waals surface area contributed by atoms with E-state index in [9.17, 15) is 4.39 Å². The van der Waals surface area contributed by atoms with Gasteiger partial charge in [0.1, 0.15) is 17.1 Å². The van der Waals surface area contributed by atoms with Crippen LogP contribution in [0.4, 0.5) is 4.39 Å². The minimum absolute atomic E-state index is 0.0728. The molecule has 3 aromatic rings. The molecule has 100 valence electrons. The second-order valence-electron chi connectivity index (χ2n) is 4.14. The van der Waals surface area contributed by atoms with Gasteiger partial charge in [-0.2, -0.15) is 4.98 Å². The Morgan fingerprint density at radius 2 is 1.85 bits per heavy atom. The highest BCUT2D eigenvalue weighted by Crippen LogP contribution is 2.21. The molecule has 0 saturated heterocycles. The quantitative estimate of drug-likeness (QED) is 0.791. The average Bonchev–Trinajstić information content (AvgIpc) is 2.47. The SMILES string of the molecule is NCc1ccc(Oc2nnc3ccccc3n2)cc1F. The number of fused-ring (bicyclic) bond motifs is 1. The molecule has 0 atom stereocenters. The second-order valence-corrected chi connectivity index (χ2v) is 4.14. The fourth-order valence-corrected chi connectivity index (χ4v) is 1.77. The van der Waals surface area contributed by atoms with Gasteiger partial charge in [0.05, 0.1) is 5.52 Å². The van der Waals surface area contributed by atoms with Gasteiger partial charge in [-0.3, -0.25) is 0 Å². The van der Waals surface area contributed by atoms with Crippen molar-refractivity contribution in [2.75, 3.05) is 0 Å². The first kappa shape index (κ1) is 12.4. The number of nitrogens with two attached hydrogens (primary N) is 1. The Labute approximate surface area is 114 Å². The van der Waals surface area contributed by atoms with Crippen molar-refractivity contribution in [3.05, 3.63) is 53.8 Å². The van der Waals surface area contributed by atoms with Crippen LogP contribution < -0.4 is 10.5 Å². The van der Waals surface area contributed by atoms with Crippen LogP contribution in [-0.2, 0) is 6.54 Å². The maximum Gasteiger partial charge on any atom is 0.341 e. The number of ether oxygens (including phenoxy) is 1. The normalized spacial score (nSPS) is 10.7. The molecule has 0 spiro atoms. The minimum Gasteiger partial charge on any atom is -0.423 e. The Balaban J connectivity index is 1.90. The van der Waals surface area contributed by atoms with E-state index < -0.39 is 5.82 Å². The lowest BCUT2D eigenvalue weighted by Crippen LogP contribution is -2.00. The molecule has 1 aromatic heterocycles. The molecule has 2 N–H and O–H groups in total. The van der Waals surface area contributed by atoms with E-state index in [1.54, 1.807) is 24.3 Å². The van der Waals surface area contributed by atoms with Crippen LogP contribution in [0.1, 0.15) is 5.56 Å². The van der Waals surface area contributed by atoms with Gasteiger partial charge < -0.3 is 10.5 Å². The van der Waals surface area contributed by atoms with Gasteiger partial charge in [0.15, 0.2) is 0 Å². The molecule has 0 fully saturated rings. The largest absolute Gasteiger partial charge is 0.423 e. The monoisotopic (exact) mass is 270 g/mol. The Bertz CT molecular complexity index is 763. The summed E-state index contributed by atoms with van der Waals surface area (Å²) in [4.78, 5) is 4.20. The summed E-state index contributed by atoms with van der Waals surface area (Å²) in [6, 6.07) is 11.8. The molecule has 0 amide bonds. The van der Waals surface area contributed by atoms with Crippen molar-refractivity contribution in [1.29, 1.82) is 0 Å². The zero-order valence-electron chi connectivity index (χ0n) is 10.5. The molecule has 0 radical (unpaired) electrons. The lowest BCUT2D eigenvalue weighted by molar-refractivity contribution is 0.432. The molecule has 5 nitrogen and oxygen atoms in total.